The maximum atomic E-state index is 5.73. The first-order chi connectivity index (χ1) is 8.69. The Labute approximate surface area is 106 Å². The minimum absolute atomic E-state index is 0.0733. The fourth-order valence-electron chi connectivity index (χ4n) is 1.52. The van der Waals surface area contributed by atoms with Crippen LogP contribution in [0.1, 0.15) is 18.7 Å². The molecule has 0 spiro atoms. The zero-order valence-corrected chi connectivity index (χ0v) is 10.5. The molecule has 0 aliphatic rings. The predicted molar refractivity (Wildman–Crippen MR) is 69.9 cm³/mol. The van der Waals surface area contributed by atoms with E-state index in [1.165, 1.54) is 0 Å². The van der Waals surface area contributed by atoms with Crippen LogP contribution in [0, 0.1) is 0 Å². The molecule has 0 saturated carbocycles. The van der Waals surface area contributed by atoms with Gasteiger partial charge in [-0.3, -0.25) is 4.98 Å². The number of hydrogen-bond donors (Lipinski definition) is 1. The number of nitrogens with zero attached hydrogens (tertiary/aromatic N) is 1. The standard InChI is InChI=1S/C14H16N2O2/c1-10(15)14-7-6-13(9-16-14)18-12-5-3-4-11(8-12)17-2/h3-10H,15H2,1-2H3. The van der Waals surface area contributed by atoms with Crippen molar-refractivity contribution in [2.45, 2.75) is 13.0 Å². The Morgan fingerprint density at radius 2 is 1.89 bits per heavy atom. The van der Waals surface area contributed by atoms with Crippen LogP contribution >= 0.6 is 0 Å². The van der Waals surface area contributed by atoms with Crippen LogP contribution in [-0.2, 0) is 0 Å². The Hall–Kier alpha value is -2.07. The largest absolute Gasteiger partial charge is 0.497 e. The molecular formula is C14H16N2O2. The fraction of sp³-hybridized carbons (Fsp3) is 0.214. The minimum atomic E-state index is -0.0733. The van der Waals surface area contributed by atoms with Gasteiger partial charge in [0.2, 0.25) is 0 Å². The van der Waals surface area contributed by atoms with Crippen LogP contribution in [-0.4, -0.2) is 12.1 Å². The quantitative estimate of drug-likeness (QED) is 0.898. The van der Waals surface area contributed by atoms with E-state index in [0.717, 1.165) is 11.4 Å². The number of benzene rings is 1. The van der Waals surface area contributed by atoms with Crippen LogP contribution in [0.25, 0.3) is 0 Å². The first kappa shape index (κ1) is 12.4. The molecule has 1 unspecified atom stereocenters. The third-order valence-corrected chi connectivity index (χ3v) is 2.50. The molecule has 1 heterocycles. The van der Waals surface area contributed by atoms with E-state index in [0.29, 0.717) is 11.5 Å². The van der Waals surface area contributed by atoms with E-state index in [2.05, 4.69) is 4.98 Å². The number of hydrogen-bond acceptors (Lipinski definition) is 4. The Bertz CT molecular complexity index is 509. The van der Waals surface area contributed by atoms with Crippen molar-refractivity contribution in [2.75, 3.05) is 7.11 Å². The molecule has 0 bridgehead atoms. The second-order valence-electron chi connectivity index (χ2n) is 3.99. The van der Waals surface area contributed by atoms with E-state index in [1.807, 2.05) is 43.3 Å². The minimum Gasteiger partial charge on any atom is -0.497 e. The average Bonchev–Trinajstić information content (AvgIpc) is 2.39. The summed E-state index contributed by atoms with van der Waals surface area (Å²) < 4.78 is 10.8. The lowest BCUT2D eigenvalue weighted by atomic mass is 10.2. The van der Waals surface area contributed by atoms with Gasteiger partial charge in [-0.25, -0.2) is 0 Å². The van der Waals surface area contributed by atoms with E-state index >= 15 is 0 Å². The molecule has 4 heteroatoms. The molecule has 2 N–H and O–H groups in total. The normalized spacial score (nSPS) is 11.9. The molecule has 1 atom stereocenters. The maximum Gasteiger partial charge on any atom is 0.145 e. The van der Waals surface area contributed by atoms with Crippen LogP contribution < -0.4 is 15.2 Å². The van der Waals surface area contributed by atoms with E-state index in [9.17, 15) is 0 Å². The monoisotopic (exact) mass is 244 g/mol. The number of nitrogens with two attached hydrogens (primary N) is 1. The SMILES string of the molecule is COc1cccc(Oc2ccc(C(C)N)nc2)c1. The lowest BCUT2D eigenvalue weighted by Gasteiger charge is -2.08. The molecule has 0 amide bonds. The predicted octanol–water partition coefficient (Wildman–Crippen LogP) is 2.90. The molecule has 1 aromatic carbocycles. The van der Waals surface area contributed by atoms with Crippen LogP contribution in [0.4, 0.5) is 0 Å². The summed E-state index contributed by atoms with van der Waals surface area (Å²) in [6.07, 6.45) is 1.66. The summed E-state index contributed by atoms with van der Waals surface area (Å²) in [7, 11) is 1.62. The van der Waals surface area contributed by atoms with Crippen molar-refractivity contribution in [3.63, 3.8) is 0 Å². The lowest BCUT2D eigenvalue weighted by Crippen LogP contribution is -2.06. The Morgan fingerprint density at radius 3 is 2.50 bits per heavy atom. The van der Waals surface area contributed by atoms with Crippen molar-refractivity contribution in [1.29, 1.82) is 0 Å². The third kappa shape index (κ3) is 2.99. The van der Waals surface area contributed by atoms with Gasteiger partial charge in [0.05, 0.1) is 19.0 Å². The van der Waals surface area contributed by atoms with Crippen molar-refractivity contribution in [2.24, 2.45) is 5.73 Å². The molecule has 0 fully saturated rings. The lowest BCUT2D eigenvalue weighted by molar-refractivity contribution is 0.409. The second-order valence-corrected chi connectivity index (χ2v) is 3.99. The van der Waals surface area contributed by atoms with Gasteiger partial charge >= 0.3 is 0 Å². The Morgan fingerprint density at radius 1 is 1.11 bits per heavy atom. The molecule has 1 aromatic heterocycles. The highest BCUT2D eigenvalue weighted by Crippen LogP contribution is 2.24. The second kappa shape index (κ2) is 5.51. The van der Waals surface area contributed by atoms with Crippen LogP contribution in [0.2, 0.25) is 0 Å². The van der Waals surface area contributed by atoms with Gasteiger partial charge in [0.25, 0.3) is 0 Å². The number of pyridine rings is 1. The van der Waals surface area contributed by atoms with Gasteiger partial charge in [-0.05, 0) is 31.2 Å². The van der Waals surface area contributed by atoms with Gasteiger partial charge in [-0.15, -0.1) is 0 Å². The van der Waals surface area contributed by atoms with Crippen LogP contribution in [0.15, 0.2) is 42.6 Å². The summed E-state index contributed by atoms with van der Waals surface area (Å²) in [6, 6.07) is 11.1. The zero-order valence-electron chi connectivity index (χ0n) is 10.5. The molecule has 0 radical (unpaired) electrons. The van der Waals surface area contributed by atoms with Crippen molar-refractivity contribution >= 4 is 0 Å². The Kier molecular flexibility index (Phi) is 3.79. The molecular weight excluding hydrogens is 228 g/mol. The first-order valence-electron chi connectivity index (χ1n) is 5.72. The molecule has 0 aliphatic carbocycles. The number of ether oxygens (including phenoxy) is 2. The van der Waals surface area contributed by atoms with Crippen LogP contribution in [0.5, 0.6) is 17.2 Å². The van der Waals surface area contributed by atoms with Crippen molar-refractivity contribution in [1.82, 2.24) is 4.98 Å². The van der Waals surface area contributed by atoms with Gasteiger partial charge in [0.15, 0.2) is 0 Å². The molecule has 0 saturated heterocycles. The summed E-state index contributed by atoms with van der Waals surface area (Å²) in [6.45, 7) is 1.89. The summed E-state index contributed by atoms with van der Waals surface area (Å²) in [4.78, 5) is 4.24. The molecule has 0 aliphatic heterocycles. The summed E-state index contributed by atoms with van der Waals surface area (Å²) in [5, 5.41) is 0. The highest BCUT2D eigenvalue weighted by molar-refractivity contribution is 5.36. The highest BCUT2D eigenvalue weighted by atomic mass is 16.5. The van der Waals surface area contributed by atoms with Crippen molar-refractivity contribution in [3.8, 4) is 17.2 Å². The smallest absolute Gasteiger partial charge is 0.145 e. The topological polar surface area (TPSA) is 57.4 Å². The summed E-state index contributed by atoms with van der Waals surface area (Å²) >= 11 is 0. The number of rotatable bonds is 4. The van der Waals surface area contributed by atoms with Crippen molar-refractivity contribution < 1.29 is 9.47 Å². The summed E-state index contributed by atoms with van der Waals surface area (Å²) in [5.74, 6) is 2.14. The maximum absolute atomic E-state index is 5.73. The van der Waals surface area contributed by atoms with Crippen molar-refractivity contribution in [3.05, 3.63) is 48.3 Å². The third-order valence-electron chi connectivity index (χ3n) is 2.50. The molecule has 4 nitrogen and oxygen atoms in total. The number of methoxy groups -OCH3 is 1. The highest BCUT2D eigenvalue weighted by Gasteiger charge is 2.03. The fourth-order valence-corrected chi connectivity index (χ4v) is 1.52. The summed E-state index contributed by atoms with van der Waals surface area (Å²) in [5.41, 5.74) is 6.58. The van der Waals surface area contributed by atoms with Crippen LogP contribution in [0.3, 0.4) is 0 Å². The molecule has 94 valence electrons. The number of aromatic nitrogens is 1. The van der Waals surface area contributed by atoms with Gasteiger partial charge in [-0.2, -0.15) is 0 Å². The van der Waals surface area contributed by atoms with E-state index < -0.39 is 0 Å². The van der Waals surface area contributed by atoms with Gasteiger partial charge in [0, 0.05) is 12.1 Å². The van der Waals surface area contributed by atoms with Gasteiger partial charge in [0.1, 0.15) is 17.2 Å². The average molecular weight is 244 g/mol. The van der Waals surface area contributed by atoms with E-state index in [4.69, 9.17) is 15.2 Å². The Balaban J connectivity index is 2.13. The molecule has 2 rings (SSSR count). The van der Waals surface area contributed by atoms with Gasteiger partial charge < -0.3 is 15.2 Å². The molecule has 18 heavy (non-hydrogen) atoms. The van der Waals surface area contributed by atoms with Gasteiger partial charge in [-0.1, -0.05) is 6.07 Å². The van der Waals surface area contributed by atoms with E-state index in [1.54, 1.807) is 13.3 Å². The zero-order chi connectivity index (χ0) is 13.0. The first-order valence-corrected chi connectivity index (χ1v) is 5.72. The van der Waals surface area contributed by atoms with E-state index in [-0.39, 0.29) is 6.04 Å². The molecule has 2 aromatic rings.